The number of hydrogen-bond donors (Lipinski definition) is 2. The van der Waals surface area contributed by atoms with Gasteiger partial charge in [-0.1, -0.05) is 6.07 Å². The van der Waals surface area contributed by atoms with Crippen LogP contribution in [0.1, 0.15) is 31.4 Å². The first-order valence-corrected chi connectivity index (χ1v) is 7.75. The van der Waals surface area contributed by atoms with Gasteiger partial charge in [-0.15, -0.1) is 0 Å². The van der Waals surface area contributed by atoms with Gasteiger partial charge in [0.05, 0.1) is 11.8 Å². The zero-order valence-electron chi connectivity index (χ0n) is 13.6. The zero-order chi connectivity index (χ0) is 16.7. The van der Waals surface area contributed by atoms with Crippen LogP contribution in [0, 0.1) is 0 Å². The summed E-state index contributed by atoms with van der Waals surface area (Å²) in [6.45, 7) is 4.44. The van der Waals surface area contributed by atoms with E-state index in [4.69, 9.17) is 10.5 Å². The third-order valence-electron chi connectivity index (χ3n) is 3.32. The lowest BCUT2D eigenvalue weighted by Crippen LogP contribution is -2.23. The maximum absolute atomic E-state index is 11.9. The third-order valence-corrected chi connectivity index (χ3v) is 3.32. The number of amides is 1. The number of aryl methyl sites for hydroxylation is 1. The van der Waals surface area contributed by atoms with Crippen LogP contribution in [-0.2, 0) is 17.8 Å². The Labute approximate surface area is 136 Å². The van der Waals surface area contributed by atoms with E-state index in [1.807, 2.05) is 44.2 Å². The van der Waals surface area contributed by atoms with E-state index < -0.39 is 0 Å². The van der Waals surface area contributed by atoms with Crippen LogP contribution in [0.2, 0.25) is 0 Å². The van der Waals surface area contributed by atoms with Crippen molar-refractivity contribution in [3.63, 3.8) is 0 Å². The minimum absolute atomic E-state index is 0.0166. The van der Waals surface area contributed by atoms with Crippen molar-refractivity contribution < 1.29 is 9.53 Å². The molecule has 0 atom stereocenters. The van der Waals surface area contributed by atoms with Crippen molar-refractivity contribution in [3.8, 4) is 5.75 Å². The standard InChI is InChI=1S/C18H23N3O2/c1-13(2)23-17-5-3-14(11-16(17)19)4-6-18(22)21-12-15-7-9-20-10-8-15/h3,5,7-11,13H,4,6,12,19H2,1-2H3,(H,21,22). The number of nitrogen functional groups attached to an aromatic ring is 1. The summed E-state index contributed by atoms with van der Waals surface area (Å²) in [5, 5.41) is 2.90. The van der Waals surface area contributed by atoms with Gasteiger partial charge in [-0.2, -0.15) is 0 Å². The Bertz CT molecular complexity index is 642. The second kappa shape index (κ2) is 8.17. The number of aromatic nitrogens is 1. The molecule has 3 N–H and O–H groups in total. The highest BCUT2D eigenvalue weighted by Crippen LogP contribution is 2.24. The number of hydrogen-bond acceptors (Lipinski definition) is 4. The molecular formula is C18H23N3O2. The summed E-state index contributed by atoms with van der Waals surface area (Å²) in [4.78, 5) is 15.9. The van der Waals surface area contributed by atoms with Gasteiger partial charge >= 0.3 is 0 Å². The largest absolute Gasteiger partial charge is 0.489 e. The molecule has 5 heteroatoms. The predicted molar refractivity (Wildman–Crippen MR) is 91.0 cm³/mol. The SMILES string of the molecule is CC(C)Oc1ccc(CCC(=O)NCc2ccncc2)cc1N. The number of pyridine rings is 1. The smallest absolute Gasteiger partial charge is 0.220 e. The fraction of sp³-hybridized carbons (Fsp3) is 0.333. The van der Waals surface area contributed by atoms with Gasteiger partial charge in [-0.3, -0.25) is 9.78 Å². The number of carbonyl (C=O) groups is 1. The van der Waals surface area contributed by atoms with E-state index in [9.17, 15) is 4.79 Å². The number of ether oxygens (including phenoxy) is 1. The second-order valence-electron chi connectivity index (χ2n) is 5.67. The number of nitrogens with one attached hydrogen (secondary N) is 1. The lowest BCUT2D eigenvalue weighted by molar-refractivity contribution is -0.121. The number of nitrogens with two attached hydrogens (primary N) is 1. The topological polar surface area (TPSA) is 77.2 Å². The Morgan fingerprint density at radius 3 is 2.61 bits per heavy atom. The average Bonchev–Trinajstić information content (AvgIpc) is 2.54. The number of nitrogens with zero attached hydrogens (tertiary/aromatic N) is 1. The molecule has 1 aromatic carbocycles. The van der Waals surface area contributed by atoms with Crippen molar-refractivity contribution in [3.05, 3.63) is 53.9 Å². The van der Waals surface area contributed by atoms with Crippen molar-refractivity contribution in [1.29, 1.82) is 0 Å². The average molecular weight is 313 g/mol. The molecule has 0 spiro atoms. The molecule has 23 heavy (non-hydrogen) atoms. The summed E-state index contributed by atoms with van der Waals surface area (Å²) in [7, 11) is 0. The van der Waals surface area contributed by atoms with Crippen LogP contribution in [0.3, 0.4) is 0 Å². The quantitative estimate of drug-likeness (QED) is 0.771. The number of carbonyl (C=O) groups excluding carboxylic acids is 1. The van der Waals surface area contributed by atoms with Gasteiger partial charge < -0.3 is 15.8 Å². The first-order valence-electron chi connectivity index (χ1n) is 7.75. The fourth-order valence-corrected chi connectivity index (χ4v) is 2.16. The van der Waals surface area contributed by atoms with Gasteiger partial charge in [0.25, 0.3) is 0 Å². The molecule has 0 radical (unpaired) electrons. The molecule has 0 aliphatic carbocycles. The molecule has 0 aliphatic heterocycles. The van der Waals surface area contributed by atoms with Crippen molar-refractivity contribution in [2.45, 2.75) is 39.3 Å². The monoisotopic (exact) mass is 313 g/mol. The number of benzene rings is 1. The Morgan fingerprint density at radius 2 is 1.96 bits per heavy atom. The first kappa shape index (κ1) is 16.8. The van der Waals surface area contributed by atoms with E-state index in [1.54, 1.807) is 12.4 Å². The molecule has 1 amide bonds. The molecule has 5 nitrogen and oxygen atoms in total. The Hall–Kier alpha value is -2.56. The van der Waals surface area contributed by atoms with E-state index >= 15 is 0 Å². The molecule has 0 saturated carbocycles. The molecule has 0 fully saturated rings. The van der Waals surface area contributed by atoms with Crippen LogP contribution in [0.15, 0.2) is 42.7 Å². The van der Waals surface area contributed by atoms with Crippen molar-refractivity contribution in [2.75, 3.05) is 5.73 Å². The third kappa shape index (κ3) is 5.62. The van der Waals surface area contributed by atoms with Crippen LogP contribution < -0.4 is 15.8 Å². The molecule has 0 aliphatic rings. The Balaban J connectivity index is 1.81. The van der Waals surface area contributed by atoms with E-state index in [1.165, 1.54) is 0 Å². The van der Waals surface area contributed by atoms with Gasteiger partial charge in [0.2, 0.25) is 5.91 Å². The number of anilines is 1. The van der Waals surface area contributed by atoms with Crippen molar-refractivity contribution in [1.82, 2.24) is 10.3 Å². The van der Waals surface area contributed by atoms with Gasteiger partial charge in [-0.25, -0.2) is 0 Å². The predicted octanol–water partition coefficient (Wildman–Crippen LogP) is 2.70. The second-order valence-corrected chi connectivity index (χ2v) is 5.67. The van der Waals surface area contributed by atoms with Gasteiger partial charge in [-0.05, 0) is 55.7 Å². The maximum atomic E-state index is 11.9. The summed E-state index contributed by atoms with van der Waals surface area (Å²) in [5.41, 5.74) is 8.64. The molecule has 0 unspecified atom stereocenters. The van der Waals surface area contributed by atoms with E-state index in [-0.39, 0.29) is 12.0 Å². The summed E-state index contributed by atoms with van der Waals surface area (Å²) in [6, 6.07) is 9.44. The highest BCUT2D eigenvalue weighted by molar-refractivity contribution is 5.76. The molecule has 2 aromatic rings. The van der Waals surface area contributed by atoms with Crippen LogP contribution in [0.25, 0.3) is 0 Å². The van der Waals surface area contributed by atoms with E-state index in [0.29, 0.717) is 30.8 Å². The van der Waals surface area contributed by atoms with Crippen LogP contribution >= 0.6 is 0 Å². The minimum Gasteiger partial charge on any atom is -0.489 e. The fourth-order valence-electron chi connectivity index (χ4n) is 2.16. The Kier molecular flexibility index (Phi) is 5.97. The van der Waals surface area contributed by atoms with Crippen LogP contribution in [0.4, 0.5) is 5.69 Å². The van der Waals surface area contributed by atoms with Gasteiger partial charge in [0, 0.05) is 25.4 Å². The van der Waals surface area contributed by atoms with E-state index in [0.717, 1.165) is 11.1 Å². The normalized spacial score (nSPS) is 10.6. The molecule has 1 aromatic heterocycles. The molecule has 2 rings (SSSR count). The lowest BCUT2D eigenvalue weighted by atomic mass is 10.1. The minimum atomic E-state index is 0.0166. The molecular weight excluding hydrogens is 290 g/mol. The Morgan fingerprint density at radius 1 is 1.22 bits per heavy atom. The molecule has 0 saturated heterocycles. The molecule has 122 valence electrons. The zero-order valence-corrected chi connectivity index (χ0v) is 13.6. The van der Waals surface area contributed by atoms with Gasteiger partial charge in [0.1, 0.15) is 5.75 Å². The number of rotatable bonds is 7. The summed E-state index contributed by atoms with van der Waals surface area (Å²) < 4.78 is 5.60. The lowest BCUT2D eigenvalue weighted by Gasteiger charge is -2.13. The van der Waals surface area contributed by atoms with Crippen LogP contribution in [0.5, 0.6) is 5.75 Å². The molecule has 1 heterocycles. The van der Waals surface area contributed by atoms with Gasteiger partial charge in [0.15, 0.2) is 0 Å². The highest BCUT2D eigenvalue weighted by Gasteiger charge is 2.06. The first-order chi connectivity index (χ1) is 11.0. The van der Waals surface area contributed by atoms with Crippen molar-refractivity contribution in [2.24, 2.45) is 0 Å². The highest BCUT2D eigenvalue weighted by atomic mass is 16.5. The van der Waals surface area contributed by atoms with Crippen molar-refractivity contribution >= 4 is 11.6 Å². The van der Waals surface area contributed by atoms with Crippen LogP contribution in [-0.4, -0.2) is 17.0 Å². The van der Waals surface area contributed by atoms with E-state index in [2.05, 4.69) is 10.3 Å². The summed E-state index contributed by atoms with van der Waals surface area (Å²) >= 11 is 0. The molecule has 0 bridgehead atoms. The summed E-state index contributed by atoms with van der Waals surface area (Å²) in [6.07, 6.45) is 4.58. The summed E-state index contributed by atoms with van der Waals surface area (Å²) in [5.74, 6) is 0.703. The maximum Gasteiger partial charge on any atom is 0.220 e.